The van der Waals surface area contributed by atoms with E-state index in [1.54, 1.807) is 12.1 Å². The molecule has 2 nitrogen and oxygen atoms in total. The summed E-state index contributed by atoms with van der Waals surface area (Å²) in [6, 6.07) is 14.5. The van der Waals surface area contributed by atoms with Gasteiger partial charge in [0.1, 0.15) is 5.82 Å². The second-order valence-electron chi connectivity index (χ2n) is 4.22. The van der Waals surface area contributed by atoms with E-state index in [0.717, 1.165) is 22.2 Å². The molecule has 0 spiro atoms. The molecule has 90 valence electrons. The Balaban J connectivity index is 2.26. The lowest BCUT2D eigenvalue weighted by Crippen LogP contribution is -1.95. The van der Waals surface area contributed by atoms with E-state index in [9.17, 15) is 4.39 Å². The van der Waals surface area contributed by atoms with Crippen LogP contribution < -0.4 is 5.73 Å². The van der Waals surface area contributed by atoms with Crippen molar-refractivity contribution in [2.45, 2.75) is 6.54 Å². The van der Waals surface area contributed by atoms with Crippen LogP contribution in [-0.2, 0) is 6.54 Å². The molecule has 1 heterocycles. The van der Waals surface area contributed by atoms with Crippen molar-refractivity contribution in [2.75, 3.05) is 0 Å². The fourth-order valence-corrected chi connectivity index (χ4v) is 2.23. The van der Waals surface area contributed by atoms with Gasteiger partial charge in [0.25, 0.3) is 0 Å². The van der Waals surface area contributed by atoms with Crippen molar-refractivity contribution in [3.63, 3.8) is 0 Å². The highest BCUT2D eigenvalue weighted by Gasteiger charge is 2.07. The molecule has 0 unspecified atom stereocenters. The van der Waals surface area contributed by atoms with Crippen LogP contribution in [0.2, 0.25) is 0 Å². The third-order valence-electron chi connectivity index (χ3n) is 3.12. The molecule has 3 heteroatoms. The van der Waals surface area contributed by atoms with Crippen LogP contribution in [0.3, 0.4) is 0 Å². The van der Waals surface area contributed by atoms with E-state index in [4.69, 9.17) is 5.73 Å². The lowest BCUT2D eigenvalue weighted by molar-refractivity contribution is 0.627. The maximum atomic E-state index is 13.0. The van der Waals surface area contributed by atoms with E-state index >= 15 is 0 Å². The quantitative estimate of drug-likeness (QED) is 0.732. The first-order chi connectivity index (χ1) is 8.79. The third kappa shape index (κ3) is 1.69. The minimum atomic E-state index is -0.228. The molecule has 0 saturated carbocycles. The molecular formula is C15H13FN2. The van der Waals surface area contributed by atoms with Gasteiger partial charge >= 0.3 is 0 Å². The summed E-state index contributed by atoms with van der Waals surface area (Å²) < 4.78 is 15.0. The zero-order valence-electron chi connectivity index (χ0n) is 9.81. The molecule has 3 rings (SSSR count). The normalized spacial score (nSPS) is 11.0. The Morgan fingerprint density at radius 1 is 1.00 bits per heavy atom. The van der Waals surface area contributed by atoms with Gasteiger partial charge in [0.05, 0.1) is 5.52 Å². The zero-order chi connectivity index (χ0) is 12.5. The number of benzene rings is 2. The average Bonchev–Trinajstić information content (AvgIpc) is 2.79. The average molecular weight is 240 g/mol. The van der Waals surface area contributed by atoms with Crippen LogP contribution in [-0.4, -0.2) is 4.57 Å². The van der Waals surface area contributed by atoms with Gasteiger partial charge in [0, 0.05) is 23.8 Å². The molecule has 2 aromatic carbocycles. The summed E-state index contributed by atoms with van der Waals surface area (Å²) in [6.07, 6.45) is 2.01. The van der Waals surface area contributed by atoms with Gasteiger partial charge in [-0.25, -0.2) is 4.39 Å². The summed E-state index contributed by atoms with van der Waals surface area (Å²) in [7, 11) is 0. The van der Waals surface area contributed by atoms with Gasteiger partial charge in [0.15, 0.2) is 0 Å². The molecule has 1 aromatic heterocycles. The minimum absolute atomic E-state index is 0.228. The first-order valence-corrected chi connectivity index (χ1v) is 5.84. The Morgan fingerprint density at radius 3 is 2.44 bits per heavy atom. The van der Waals surface area contributed by atoms with Gasteiger partial charge in [-0.15, -0.1) is 0 Å². The van der Waals surface area contributed by atoms with Crippen molar-refractivity contribution in [1.29, 1.82) is 0 Å². The number of para-hydroxylation sites is 1. The zero-order valence-corrected chi connectivity index (χ0v) is 9.81. The molecule has 0 saturated heterocycles. The van der Waals surface area contributed by atoms with Gasteiger partial charge in [-0.05, 0) is 35.9 Å². The summed E-state index contributed by atoms with van der Waals surface area (Å²) in [6.45, 7) is 0.495. The highest BCUT2D eigenvalue weighted by atomic mass is 19.1. The molecule has 0 aliphatic heterocycles. The molecule has 2 N–H and O–H groups in total. The van der Waals surface area contributed by atoms with Crippen LogP contribution >= 0.6 is 0 Å². The molecule has 18 heavy (non-hydrogen) atoms. The number of fused-ring (bicyclic) bond motifs is 1. The number of halogens is 1. The van der Waals surface area contributed by atoms with Crippen LogP contribution in [0.15, 0.2) is 54.7 Å². The molecule has 3 aromatic rings. The van der Waals surface area contributed by atoms with Gasteiger partial charge in [-0.1, -0.05) is 18.2 Å². The summed E-state index contributed by atoms with van der Waals surface area (Å²) in [5, 5.41) is 1.14. The molecule has 0 atom stereocenters. The van der Waals surface area contributed by atoms with E-state index in [1.807, 2.05) is 29.0 Å². The van der Waals surface area contributed by atoms with Crippen LogP contribution in [0.5, 0.6) is 0 Å². The summed E-state index contributed by atoms with van der Waals surface area (Å²) in [5.74, 6) is -0.228. The Labute approximate surface area is 104 Å². The fraction of sp³-hybridized carbons (Fsp3) is 0.0667. The fourth-order valence-electron chi connectivity index (χ4n) is 2.23. The Morgan fingerprint density at radius 2 is 1.72 bits per heavy atom. The number of nitrogens with two attached hydrogens (primary N) is 1. The van der Waals surface area contributed by atoms with Crippen molar-refractivity contribution in [1.82, 2.24) is 4.57 Å². The lowest BCUT2D eigenvalue weighted by Gasteiger charge is -2.04. The standard InChI is InChI=1S/C15H13FN2/c16-12-5-7-13(8-6-12)18-10-11(9-17)14-3-1-2-4-15(14)18/h1-8,10H,9,17H2. The monoisotopic (exact) mass is 240 g/mol. The molecular weight excluding hydrogens is 227 g/mol. The Bertz CT molecular complexity index is 683. The van der Waals surface area contributed by atoms with Crippen molar-refractivity contribution in [3.8, 4) is 5.69 Å². The Kier molecular flexibility index (Phi) is 2.61. The van der Waals surface area contributed by atoms with Crippen molar-refractivity contribution < 1.29 is 4.39 Å². The van der Waals surface area contributed by atoms with Crippen molar-refractivity contribution in [3.05, 3.63) is 66.1 Å². The summed E-state index contributed by atoms with van der Waals surface area (Å²) in [4.78, 5) is 0. The predicted octanol–water partition coefficient (Wildman–Crippen LogP) is 3.23. The van der Waals surface area contributed by atoms with Gasteiger partial charge in [0.2, 0.25) is 0 Å². The highest BCUT2D eigenvalue weighted by Crippen LogP contribution is 2.24. The largest absolute Gasteiger partial charge is 0.326 e. The van der Waals surface area contributed by atoms with Gasteiger partial charge < -0.3 is 10.3 Å². The van der Waals surface area contributed by atoms with Crippen LogP contribution in [0.4, 0.5) is 4.39 Å². The number of nitrogens with zero attached hydrogens (tertiary/aromatic N) is 1. The maximum Gasteiger partial charge on any atom is 0.123 e. The molecule has 0 amide bonds. The van der Waals surface area contributed by atoms with Crippen LogP contribution in [0.25, 0.3) is 16.6 Å². The first kappa shape index (κ1) is 11.0. The first-order valence-electron chi connectivity index (χ1n) is 5.84. The number of rotatable bonds is 2. The predicted molar refractivity (Wildman–Crippen MR) is 71.1 cm³/mol. The van der Waals surface area contributed by atoms with E-state index in [1.165, 1.54) is 12.1 Å². The SMILES string of the molecule is NCc1cn(-c2ccc(F)cc2)c2ccccc12. The lowest BCUT2D eigenvalue weighted by atomic mass is 10.2. The van der Waals surface area contributed by atoms with E-state index < -0.39 is 0 Å². The van der Waals surface area contributed by atoms with Crippen LogP contribution in [0.1, 0.15) is 5.56 Å². The van der Waals surface area contributed by atoms with E-state index in [2.05, 4.69) is 6.07 Å². The molecule has 0 bridgehead atoms. The number of aromatic nitrogens is 1. The Hall–Kier alpha value is -2.13. The van der Waals surface area contributed by atoms with Crippen molar-refractivity contribution >= 4 is 10.9 Å². The molecule has 0 aliphatic carbocycles. The molecule has 0 fully saturated rings. The number of hydrogen-bond acceptors (Lipinski definition) is 1. The highest BCUT2D eigenvalue weighted by molar-refractivity contribution is 5.85. The van der Waals surface area contributed by atoms with Crippen LogP contribution in [0, 0.1) is 5.82 Å². The van der Waals surface area contributed by atoms with E-state index in [0.29, 0.717) is 6.54 Å². The minimum Gasteiger partial charge on any atom is -0.326 e. The summed E-state index contributed by atoms with van der Waals surface area (Å²) >= 11 is 0. The molecule has 0 radical (unpaired) electrons. The number of hydrogen-bond donors (Lipinski definition) is 1. The maximum absolute atomic E-state index is 13.0. The third-order valence-corrected chi connectivity index (χ3v) is 3.12. The summed E-state index contributed by atoms with van der Waals surface area (Å²) in [5.41, 5.74) is 8.88. The van der Waals surface area contributed by atoms with Crippen molar-refractivity contribution in [2.24, 2.45) is 5.73 Å². The van der Waals surface area contributed by atoms with Gasteiger partial charge in [-0.2, -0.15) is 0 Å². The smallest absolute Gasteiger partial charge is 0.123 e. The second-order valence-corrected chi connectivity index (χ2v) is 4.22. The van der Waals surface area contributed by atoms with E-state index in [-0.39, 0.29) is 5.82 Å². The molecule has 0 aliphatic rings. The van der Waals surface area contributed by atoms with Gasteiger partial charge in [-0.3, -0.25) is 0 Å². The topological polar surface area (TPSA) is 30.9 Å². The second kappa shape index (κ2) is 4.27.